The van der Waals surface area contributed by atoms with Gasteiger partial charge in [-0.3, -0.25) is 9.59 Å². The van der Waals surface area contributed by atoms with Crippen molar-refractivity contribution in [2.24, 2.45) is 11.7 Å². The van der Waals surface area contributed by atoms with Gasteiger partial charge in [-0.1, -0.05) is 0 Å². The molecule has 2 aromatic carbocycles. The van der Waals surface area contributed by atoms with Crippen LogP contribution in [-0.4, -0.2) is 44.7 Å². The number of nitrogens with one attached hydrogen (secondary N) is 1. The van der Waals surface area contributed by atoms with Crippen molar-refractivity contribution < 1.29 is 23.8 Å². The van der Waals surface area contributed by atoms with E-state index >= 15 is 0 Å². The standard InChI is InChI=1S/C21H23N3O5.ClH/c22-7-8-27-17-4-1-15(2-5-17)23-21(26)14-11-20(25)24(13-14)16-3-6-18-19(12-16)29-10-9-28-18;/h1-6,12,14H,7-11,13,22H2,(H,23,26);1H. The van der Waals surface area contributed by atoms with Crippen LogP contribution in [0.4, 0.5) is 11.4 Å². The van der Waals surface area contributed by atoms with Crippen LogP contribution in [0, 0.1) is 5.92 Å². The first-order valence-electron chi connectivity index (χ1n) is 9.58. The van der Waals surface area contributed by atoms with Crippen LogP contribution in [0.5, 0.6) is 17.2 Å². The average Bonchev–Trinajstić information content (AvgIpc) is 3.14. The maximum atomic E-state index is 12.6. The minimum absolute atomic E-state index is 0. The third-order valence-corrected chi connectivity index (χ3v) is 4.84. The van der Waals surface area contributed by atoms with Gasteiger partial charge in [-0.2, -0.15) is 0 Å². The maximum absolute atomic E-state index is 12.6. The van der Waals surface area contributed by atoms with E-state index in [-0.39, 0.29) is 30.6 Å². The number of hydrogen-bond acceptors (Lipinski definition) is 6. The highest BCUT2D eigenvalue weighted by molar-refractivity contribution is 6.03. The lowest BCUT2D eigenvalue weighted by atomic mass is 10.1. The summed E-state index contributed by atoms with van der Waals surface area (Å²) in [4.78, 5) is 26.8. The van der Waals surface area contributed by atoms with Crippen LogP contribution in [0.3, 0.4) is 0 Å². The van der Waals surface area contributed by atoms with Crippen LogP contribution in [-0.2, 0) is 9.59 Å². The van der Waals surface area contributed by atoms with E-state index in [9.17, 15) is 9.59 Å². The van der Waals surface area contributed by atoms with E-state index in [0.29, 0.717) is 61.5 Å². The highest BCUT2D eigenvalue weighted by Gasteiger charge is 2.35. The van der Waals surface area contributed by atoms with Crippen molar-refractivity contribution in [1.82, 2.24) is 0 Å². The molecular weight excluding hydrogens is 410 g/mol. The number of amides is 2. The summed E-state index contributed by atoms with van der Waals surface area (Å²) >= 11 is 0. The molecule has 160 valence electrons. The lowest BCUT2D eigenvalue weighted by Crippen LogP contribution is -2.28. The van der Waals surface area contributed by atoms with Crippen molar-refractivity contribution in [3.63, 3.8) is 0 Å². The number of ether oxygens (including phenoxy) is 3. The highest BCUT2D eigenvalue weighted by atomic mass is 35.5. The van der Waals surface area contributed by atoms with Gasteiger partial charge in [0, 0.05) is 37.0 Å². The van der Waals surface area contributed by atoms with Crippen LogP contribution in [0.15, 0.2) is 42.5 Å². The first kappa shape index (κ1) is 21.7. The molecule has 1 saturated heterocycles. The Balaban J connectivity index is 0.00000256. The molecule has 1 unspecified atom stereocenters. The molecule has 0 saturated carbocycles. The number of carbonyl (C=O) groups is 2. The molecule has 3 N–H and O–H groups in total. The molecule has 1 fully saturated rings. The fourth-order valence-corrected chi connectivity index (χ4v) is 3.39. The number of fused-ring (bicyclic) bond motifs is 1. The molecule has 4 rings (SSSR count). The Hall–Kier alpha value is -2.97. The largest absolute Gasteiger partial charge is 0.492 e. The van der Waals surface area contributed by atoms with E-state index in [4.69, 9.17) is 19.9 Å². The lowest BCUT2D eigenvalue weighted by molar-refractivity contribution is -0.122. The van der Waals surface area contributed by atoms with Gasteiger partial charge in [0.25, 0.3) is 0 Å². The molecule has 0 bridgehead atoms. The van der Waals surface area contributed by atoms with Crippen LogP contribution >= 0.6 is 12.4 Å². The summed E-state index contributed by atoms with van der Waals surface area (Å²) in [5, 5.41) is 2.87. The summed E-state index contributed by atoms with van der Waals surface area (Å²) in [5.74, 6) is 1.27. The second-order valence-electron chi connectivity index (χ2n) is 6.88. The first-order chi connectivity index (χ1) is 14.1. The summed E-state index contributed by atoms with van der Waals surface area (Å²) in [6.45, 7) is 2.19. The maximum Gasteiger partial charge on any atom is 0.229 e. The average molecular weight is 434 g/mol. The fraction of sp³-hybridized carbons (Fsp3) is 0.333. The molecule has 0 spiro atoms. The zero-order valence-electron chi connectivity index (χ0n) is 16.3. The van der Waals surface area contributed by atoms with Crippen molar-refractivity contribution in [1.29, 1.82) is 0 Å². The Morgan fingerprint density at radius 2 is 1.87 bits per heavy atom. The number of hydrogen-bond donors (Lipinski definition) is 2. The van der Waals surface area contributed by atoms with Gasteiger partial charge >= 0.3 is 0 Å². The van der Waals surface area contributed by atoms with E-state index < -0.39 is 5.92 Å². The molecule has 2 heterocycles. The zero-order chi connectivity index (χ0) is 20.2. The van der Waals surface area contributed by atoms with Gasteiger partial charge in [-0.25, -0.2) is 0 Å². The van der Waals surface area contributed by atoms with Gasteiger partial charge in [0.15, 0.2) is 11.5 Å². The summed E-state index contributed by atoms with van der Waals surface area (Å²) < 4.78 is 16.5. The van der Waals surface area contributed by atoms with Crippen molar-refractivity contribution in [2.45, 2.75) is 6.42 Å². The number of nitrogens with two attached hydrogens (primary N) is 1. The quantitative estimate of drug-likeness (QED) is 0.724. The van der Waals surface area contributed by atoms with Gasteiger partial charge in [0.05, 0.1) is 5.92 Å². The number of benzene rings is 2. The monoisotopic (exact) mass is 433 g/mol. The highest BCUT2D eigenvalue weighted by Crippen LogP contribution is 2.36. The molecule has 2 aliphatic rings. The van der Waals surface area contributed by atoms with Crippen LogP contribution in [0.1, 0.15) is 6.42 Å². The molecule has 8 nitrogen and oxygen atoms in total. The minimum atomic E-state index is -0.427. The van der Waals surface area contributed by atoms with E-state index in [2.05, 4.69) is 5.32 Å². The van der Waals surface area contributed by atoms with Gasteiger partial charge in [0.2, 0.25) is 11.8 Å². The van der Waals surface area contributed by atoms with Gasteiger partial charge in [-0.05, 0) is 36.4 Å². The van der Waals surface area contributed by atoms with E-state index in [1.54, 1.807) is 41.3 Å². The number of nitrogens with zero attached hydrogens (tertiary/aromatic N) is 1. The lowest BCUT2D eigenvalue weighted by Gasteiger charge is -2.22. The second-order valence-corrected chi connectivity index (χ2v) is 6.88. The second kappa shape index (κ2) is 9.69. The molecule has 9 heteroatoms. The van der Waals surface area contributed by atoms with Crippen LogP contribution in [0.25, 0.3) is 0 Å². The summed E-state index contributed by atoms with van der Waals surface area (Å²) in [6.07, 6.45) is 0.165. The third kappa shape index (κ3) is 4.77. The van der Waals surface area contributed by atoms with Gasteiger partial charge < -0.3 is 30.2 Å². The summed E-state index contributed by atoms with van der Waals surface area (Å²) in [5.41, 5.74) is 6.77. The zero-order valence-corrected chi connectivity index (χ0v) is 17.2. The normalized spacial score (nSPS) is 17.3. The minimum Gasteiger partial charge on any atom is -0.492 e. The van der Waals surface area contributed by atoms with Crippen molar-refractivity contribution >= 4 is 35.6 Å². The smallest absolute Gasteiger partial charge is 0.229 e. The number of halogens is 1. The number of rotatable bonds is 6. The molecular formula is C21H24ClN3O5. The summed E-state index contributed by atoms with van der Waals surface area (Å²) in [7, 11) is 0. The van der Waals surface area contributed by atoms with Crippen LogP contribution in [0.2, 0.25) is 0 Å². The van der Waals surface area contributed by atoms with Gasteiger partial charge in [-0.15, -0.1) is 12.4 Å². The Bertz CT molecular complexity index is 906. The first-order valence-corrected chi connectivity index (χ1v) is 9.58. The molecule has 0 aliphatic carbocycles. The topological polar surface area (TPSA) is 103 Å². The number of anilines is 2. The molecule has 2 aromatic rings. The Kier molecular flexibility index (Phi) is 7.02. The fourth-order valence-electron chi connectivity index (χ4n) is 3.39. The Labute approximate surface area is 180 Å². The third-order valence-electron chi connectivity index (χ3n) is 4.84. The van der Waals surface area contributed by atoms with Crippen LogP contribution < -0.4 is 30.2 Å². The van der Waals surface area contributed by atoms with Crippen molar-refractivity contribution in [2.75, 3.05) is 43.1 Å². The van der Waals surface area contributed by atoms with E-state index in [0.717, 1.165) is 0 Å². The van der Waals surface area contributed by atoms with Crippen molar-refractivity contribution in [3.05, 3.63) is 42.5 Å². The Morgan fingerprint density at radius 1 is 1.13 bits per heavy atom. The molecule has 2 amide bonds. The molecule has 2 aliphatic heterocycles. The van der Waals surface area contributed by atoms with Crippen molar-refractivity contribution in [3.8, 4) is 17.2 Å². The summed E-state index contributed by atoms with van der Waals surface area (Å²) in [6, 6.07) is 12.5. The molecule has 0 aromatic heterocycles. The predicted octanol–water partition coefficient (Wildman–Crippen LogP) is 2.21. The van der Waals surface area contributed by atoms with Gasteiger partial charge in [0.1, 0.15) is 25.6 Å². The Morgan fingerprint density at radius 3 is 2.60 bits per heavy atom. The predicted molar refractivity (Wildman–Crippen MR) is 115 cm³/mol. The molecule has 1 atom stereocenters. The number of carbonyl (C=O) groups excluding carboxylic acids is 2. The SMILES string of the molecule is Cl.NCCOc1ccc(NC(=O)C2CC(=O)N(c3ccc4c(c3)OCCO4)C2)cc1. The molecule has 0 radical (unpaired) electrons. The molecule has 30 heavy (non-hydrogen) atoms. The van der Waals surface area contributed by atoms with E-state index in [1.165, 1.54) is 0 Å². The van der Waals surface area contributed by atoms with E-state index in [1.807, 2.05) is 6.07 Å².